The molecule has 1 aromatic rings. The Bertz CT molecular complexity index is 353. The number of pyridine rings is 1. The SMILES string of the molecule is CN1C[C@H](C(=O)O)C[C@H]1c1ccccn1. The lowest BCUT2D eigenvalue weighted by Crippen LogP contribution is -2.20. The Balaban J connectivity index is 2.15. The summed E-state index contributed by atoms with van der Waals surface area (Å²) >= 11 is 0. The van der Waals surface area contributed by atoms with Crippen molar-refractivity contribution in [3.05, 3.63) is 30.1 Å². The van der Waals surface area contributed by atoms with Crippen molar-refractivity contribution < 1.29 is 9.90 Å². The lowest BCUT2D eigenvalue weighted by Gasteiger charge is -2.17. The minimum Gasteiger partial charge on any atom is -0.481 e. The third-order valence-corrected chi connectivity index (χ3v) is 2.93. The second-order valence-corrected chi connectivity index (χ2v) is 3.98. The minimum atomic E-state index is -0.708. The van der Waals surface area contributed by atoms with Gasteiger partial charge in [-0.3, -0.25) is 14.7 Å². The van der Waals surface area contributed by atoms with E-state index in [0.29, 0.717) is 13.0 Å². The van der Waals surface area contributed by atoms with Gasteiger partial charge in [-0.05, 0) is 25.6 Å². The molecule has 0 spiro atoms. The van der Waals surface area contributed by atoms with Gasteiger partial charge in [-0.2, -0.15) is 0 Å². The normalized spacial score (nSPS) is 26.7. The van der Waals surface area contributed by atoms with E-state index < -0.39 is 5.97 Å². The highest BCUT2D eigenvalue weighted by molar-refractivity contribution is 5.70. The molecule has 0 aromatic carbocycles. The van der Waals surface area contributed by atoms with E-state index in [9.17, 15) is 4.79 Å². The van der Waals surface area contributed by atoms with Gasteiger partial charge in [0.25, 0.3) is 0 Å². The molecule has 15 heavy (non-hydrogen) atoms. The lowest BCUT2D eigenvalue weighted by atomic mass is 10.0. The third-order valence-electron chi connectivity index (χ3n) is 2.93. The maximum atomic E-state index is 10.9. The van der Waals surface area contributed by atoms with Crippen LogP contribution >= 0.6 is 0 Å². The Morgan fingerprint density at radius 2 is 2.40 bits per heavy atom. The van der Waals surface area contributed by atoms with Gasteiger partial charge in [0.05, 0.1) is 17.7 Å². The molecule has 1 aromatic heterocycles. The summed E-state index contributed by atoms with van der Waals surface area (Å²) in [5.74, 6) is -0.970. The molecule has 80 valence electrons. The number of rotatable bonds is 2. The summed E-state index contributed by atoms with van der Waals surface area (Å²) in [6, 6.07) is 5.90. The van der Waals surface area contributed by atoms with Gasteiger partial charge in [0.1, 0.15) is 0 Å². The number of hydrogen-bond acceptors (Lipinski definition) is 3. The Hall–Kier alpha value is -1.42. The average Bonchev–Trinajstić information content (AvgIpc) is 2.62. The highest BCUT2D eigenvalue weighted by Crippen LogP contribution is 2.32. The van der Waals surface area contributed by atoms with E-state index in [1.807, 2.05) is 25.2 Å². The molecule has 2 rings (SSSR count). The van der Waals surface area contributed by atoms with Gasteiger partial charge in [0.2, 0.25) is 0 Å². The zero-order chi connectivity index (χ0) is 10.8. The molecule has 2 atom stereocenters. The Morgan fingerprint density at radius 1 is 1.60 bits per heavy atom. The highest BCUT2D eigenvalue weighted by Gasteiger charge is 2.35. The van der Waals surface area contributed by atoms with E-state index in [2.05, 4.69) is 9.88 Å². The van der Waals surface area contributed by atoms with Crippen LogP contribution in [0.15, 0.2) is 24.4 Å². The molecule has 0 amide bonds. The van der Waals surface area contributed by atoms with Crippen LogP contribution in [0.2, 0.25) is 0 Å². The maximum Gasteiger partial charge on any atom is 0.307 e. The van der Waals surface area contributed by atoms with Gasteiger partial charge < -0.3 is 5.11 Å². The molecule has 0 radical (unpaired) electrons. The molecule has 0 saturated carbocycles. The van der Waals surface area contributed by atoms with Crippen molar-refractivity contribution in [3.8, 4) is 0 Å². The Labute approximate surface area is 88.6 Å². The first-order valence-corrected chi connectivity index (χ1v) is 5.02. The van der Waals surface area contributed by atoms with Crippen LogP contribution in [0.25, 0.3) is 0 Å². The quantitative estimate of drug-likeness (QED) is 0.789. The molecule has 0 bridgehead atoms. The average molecular weight is 206 g/mol. The van der Waals surface area contributed by atoms with Crippen LogP contribution in [0.5, 0.6) is 0 Å². The van der Waals surface area contributed by atoms with E-state index in [4.69, 9.17) is 5.11 Å². The maximum absolute atomic E-state index is 10.9. The molecule has 4 nitrogen and oxygen atoms in total. The Morgan fingerprint density at radius 3 is 2.93 bits per heavy atom. The van der Waals surface area contributed by atoms with Gasteiger partial charge >= 0.3 is 5.97 Å². The number of carboxylic acid groups (broad SMARTS) is 1. The van der Waals surface area contributed by atoms with Crippen LogP contribution in [0, 0.1) is 5.92 Å². The third kappa shape index (κ3) is 1.99. The van der Waals surface area contributed by atoms with E-state index >= 15 is 0 Å². The highest BCUT2D eigenvalue weighted by atomic mass is 16.4. The number of aliphatic carboxylic acids is 1. The number of hydrogen-bond donors (Lipinski definition) is 1. The largest absolute Gasteiger partial charge is 0.481 e. The van der Waals surface area contributed by atoms with Crippen LogP contribution in [-0.4, -0.2) is 34.6 Å². The van der Waals surface area contributed by atoms with Crippen molar-refractivity contribution in [2.75, 3.05) is 13.6 Å². The van der Waals surface area contributed by atoms with Crippen molar-refractivity contribution in [1.82, 2.24) is 9.88 Å². The monoisotopic (exact) mass is 206 g/mol. The van der Waals surface area contributed by atoms with Crippen molar-refractivity contribution in [2.45, 2.75) is 12.5 Å². The van der Waals surface area contributed by atoms with Crippen LogP contribution < -0.4 is 0 Å². The molecule has 2 heterocycles. The summed E-state index contributed by atoms with van der Waals surface area (Å²) < 4.78 is 0. The molecule has 1 aliphatic rings. The number of carboxylic acids is 1. The lowest BCUT2D eigenvalue weighted by molar-refractivity contribution is -0.141. The summed E-state index contributed by atoms with van der Waals surface area (Å²) in [7, 11) is 1.95. The van der Waals surface area contributed by atoms with Gasteiger partial charge in [-0.1, -0.05) is 6.07 Å². The molecule has 1 N–H and O–H groups in total. The van der Waals surface area contributed by atoms with Gasteiger partial charge in [0, 0.05) is 12.7 Å². The van der Waals surface area contributed by atoms with Crippen LogP contribution in [0.4, 0.5) is 0 Å². The predicted molar refractivity (Wildman–Crippen MR) is 55.4 cm³/mol. The summed E-state index contributed by atoms with van der Waals surface area (Å²) in [4.78, 5) is 17.2. The molecule has 1 saturated heterocycles. The fourth-order valence-electron chi connectivity index (χ4n) is 2.10. The summed E-state index contributed by atoms with van der Waals surface area (Å²) in [5.41, 5.74) is 0.962. The fourth-order valence-corrected chi connectivity index (χ4v) is 2.10. The zero-order valence-corrected chi connectivity index (χ0v) is 8.63. The zero-order valence-electron chi connectivity index (χ0n) is 8.63. The van der Waals surface area contributed by atoms with Crippen molar-refractivity contribution in [2.24, 2.45) is 5.92 Å². The molecular weight excluding hydrogens is 192 g/mol. The smallest absolute Gasteiger partial charge is 0.307 e. The predicted octanol–water partition coefficient (Wildman–Crippen LogP) is 1.16. The van der Waals surface area contributed by atoms with Gasteiger partial charge in [-0.25, -0.2) is 0 Å². The minimum absolute atomic E-state index is 0.146. The standard InChI is InChI=1S/C11H14N2O2/c1-13-7-8(11(14)15)6-10(13)9-4-2-3-5-12-9/h2-5,8,10H,6-7H2,1H3,(H,14,15)/t8-,10+/m1/s1. The summed E-state index contributed by atoms with van der Waals surface area (Å²) in [6.45, 7) is 0.608. The number of aromatic nitrogens is 1. The second-order valence-electron chi connectivity index (χ2n) is 3.98. The van der Waals surface area contributed by atoms with Crippen LogP contribution in [0.3, 0.4) is 0 Å². The van der Waals surface area contributed by atoms with E-state index in [1.165, 1.54) is 0 Å². The molecule has 0 aliphatic carbocycles. The van der Waals surface area contributed by atoms with Crippen molar-refractivity contribution in [1.29, 1.82) is 0 Å². The first-order valence-electron chi connectivity index (χ1n) is 5.02. The number of likely N-dealkylation sites (tertiary alicyclic amines) is 1. The van der Waals surface area contributed by atoms with E-state index in [0.717, 1.165) is 5.69 Å². The van der Waals surface area contributed by atoms with E-state index in [-0.39, 0.29) is 12.0 Å². The van der Waals surface area contributed by atoms with Crippen molar-refractivity contribution in [3.63, 3.8) is 0 Å². The molecule has 0 unspecified atom stereocenters. The van der Waals surface area contributed by atoms with E-state index in [1.54, 1.807) is 6.20 Å². The molecule has 4 heteroatoms. The second kappa shape index (κ2) is 3.98. The van der Waals surface area contributed by atoms with Gasteiger partial charge in [0.15, 0.2) is 0 Å². The summed E-state index contributed by atoms with van der Waals surface area (Å²) in [5, 5.41) is 8.95. The summed E-state index contributed by atoms with van der Waals surface area (Å²) in [6.07, 6.45) is 2.40. The first-order chi connectivity index (χ1) is 7.18. The fraction of sp³-hybridized carbons (Fsp3) is 0.455. The number of nitrogens with zero attached hydrogens (tertiary/aromatic N) is 2. The molecular formula is C11H14N2O2. The van der Waals surface area contributed by atoms with Crippen LogP contribution in [0.1, 0.15) is 18.2 Å². The first kappa shape index (κ1) is 10.1. The van der Waals surface area contributed by atoms with Crippen LogP contribution in [-0.2, 0) is 4.79 Å². The molecule has 1 fully saturated rings. The van der Waals surface area contributed by atoms with Crippen molar-refractivity contribution >= 4 is 5.97 Å². The molecule has 1 aliphatic heterocycles. The van der Waals surface area contributed by atoms with Gasteiger partial charge in [-0.15, -0.1) is 0 Å². The topological polar surface area (TPSA) is 53.4 Å². The Kier molecular flexibility index (Phi) is 2.68. The number of carbonyl (C=O) groups is 1.